The van der Waals surface area contributed by atoms with Gasteiger partial charge in [0.05, 0.1) is 5.75 Å². The molecule has 0 heterocycles. The molecule has 0 aliphatic rings. The van der Waals surface area contributed by atoms with E-state index in [1.165, 1.54) is 0 Å². The van der Waals surface area contributed by atoms with Crippen LogP contribution in [0.2, 0.25) is 0 Å². The van der Waals surface area contributed by atoms with Gasteiger partial charge in [-0.05, 0) is 19.4 Å². The van der Waals surface area contributed by atoms with E-state index < -0.39 is 10.0 Å². The van der Waals surface area contributed by atoms with Gasteiger partial charge in [-0.25, -0.2) is 13.1 Å². The van der Waals surface area contributed by atoms with Crippen LogP contribution in [-0.4, -0.2) is 33.8 Å². The lowest BCUT2D eigenvalue weighted by Gasteiger charge is -2.19. The van der Waals surface area contributed by atoms with Crippen LogP contribution in [0.3, 0.4) is 0 Å². The Morgan fingerprint density at radius 3 is 2.14 bits per heavy atom. The number of rotatable bonds is 5. The number of hydrogen-bond acceptors (Lipinski definition) is 3. The van der Waals surface area contributed by atoms with Crippen molar-refractivity contribution in [3.8, 4) is 0 Å². The summed E-state index contributed by atoms with van der Waals surface area (Å²) in [5.41, 5.74) is -0.200. The SMILES string of the molecule is CNC(C)CNS(=O)(=O)CC(C)(C)C. The first-order valence-electron chi connectivity index (χ1n) is 4.81. The van der Waals surface area contributed by atoms with Crippen molar-refractivity contribution < 1.29 is 8.42 Å². The molecule has 0 saturated carbocycles. The Hall–Kier alpha value is -0.130. The van der Waals surface area contributed by atoms with Crippen molar-refractivity contribution in [3.05, 3.63) is 0 Å². The van der Waals surface area contributed by atoms with Crippen LogP contribution in [0.5, 0.6) is 0 Å². The van der Waals surface area contributed by atoms with Gasteiger partial charge in [-0.1, -0.05) is 20.8 Å². The molecular formula is C9H22N2O2S. The Balaban J connectivity index is 4.10. The lowest BCUT2D eigenvalue weighted by molar-refractivity contribution is 0.456. The highest BCUT2D eigenvalue weighted by Crippen LogP contribution is 2.14. The van der Waals surface area contributed by atoms with E-state index in [4.69, 9.17) is 0 Å². The predicted molar refractivity (Wildman–Crippen MR) is 59.8 cm³/mol. The number of likely N-dealkylation sites (N-methyl/N-ethyl adjacent to an activating group) is 1. The van der Waals surface area contributed by atoms with Crippen molar-refractivity contribution in [2.45, 2.75) is 33.7 Å². The van der Waals surface area contributed by atoms with E-state index in [-0.39, 0.29) is 17.2 Å². The molecular weight excluding hydrogens is 200 g/mol. The van der Waals surface area contributed by atoms with Gasteiger partial charge in [-0.3, -0.25) is 0 Å². The van der Waals surface area contributed by atoms with Crippen molar-refractivity contribution >= 4 is 10.0 Å². The molecule has 0 aromatic heterocycles. The average molecular weight is 222 g/mol. The standard InChI is InChI=1S/C9H22N2O2S/c1-8(10-5)6-11-14(12,13)7-9(2,3)4/h8,10-11H,6-7H2,1-5H3. The predicted octanol–water partition coefficient (Wildman–Crippen LogP) is 0.560. The second-order valence-electron chi connectivity index (χ2n) is 4.86. The van der Waals surface area contributed by atoms with Crippen LogP contribution in [0.4, 0.5) is 0 Å². The Bertz CT molecular complexity index is 254. The lowest BCUT2D eigenvalue weighted by Crippen LogP contribution is -2.40. The van der Waals surface area contributed by atoms with Gasteiger partial charge in [0.25, 0.3) is 0 Å². The highest BCUT2D eigenvalue weighted by atomic mass is 32.2. The summed E-state index contributed by atoms with van der Waals surface area (Å²) < 4.78 is 25.6. The number of sulfonamides is 1. The second kappa shape index (κ2) is 5.09. The molecule has 0 fully saturated rings. The molecule has 2 N–H and O–H groups in total. The van der Waals surface area contributed by atoms with E-state index >= 15 is 0 Å². The molecule has 4 nitrogen and oxygen atoms in total. The fraction of sp³-hybridized carbons (Fsp3) is 1.00. The quantitative estimate of drug-likeness (QED) is 0.714. The maximum Gasteiger partial charge on any atom is 0.212 e. The molecule has 14 heavy (non-hydrogen) atoms. The van der Waals surface area contributed by atoms with E-state index in [9.17, 15) is 8.42 Å². The van der Waals surface area contributed by atoms with Crippen molar-refractivity contribution in [3.63, 3.8) is 0 Å². The minimum atomic E-state index is -3.13. The molecule has 5 heteroatoms. The highest BCUT2D eigenvalue weighted by molar-refractivity contribution is 7.89. The third-order valence-corrected chi connectivity index (χ3v) is 3.58. The van der Waals surface area contributed by atoms with Crippen LogP contribution in [0, 0.1) is 5.41 Å². The Morgan fingerprint density at radius 1 is 1.29 bits per heavy atom. The molecule has 0 bridgehead atoms. The summed E-state index contributed by atoms with van der Waals surface area (Å²) in [4.78, 5) is 0. The van der Waals surface area contributed by atoms with Gasteiger partial charge in [0.15, 0.2) is 0 Å². The molecule has 0 radical (unpaired) electrons. The largest absolute Gasteiger partial charge is 0.316 e. The Kier molecular flexibility index (Phi) is 5.05. The van der Waals surface area contributed by atoms with E-state index in [0.717, 1.165) is 0 Å². The molecule has 0 aromatic rings. The summed E-state index contributed by atoms with van der Waals surface area (Å²) >= 11 is 0. The van der Waals surface area contributed by atoms with E-state index in [1.54, 1.807) is 0 Å². The minimum absolute atomic E-state index is 0.157. The molecule has 0 saturated heterocycles. The molecule has 0 aliphatic carbocycles. The Labute approximate surface area is 87.5 Å². The molecule has 0 spiro atoms. The molecule has 0 amide bonds. The number of hydrogen-bond donors (Lipinski definition) is 2. The first kappa shape index (κ1) is 13.9. The molecule has 1 unspecified atom stereocenters. The first-order valence-corrected chi connectivity index (χ1v) is 6.46. The molecule has 0 aliphatic heterocycles. The smallest absolute Gasteiger partial charge is 0.212 e. The maximum atomic E-state index is 11.5. The maximum absolute atomic E-state index is 11.5. The zero-order chi connectivity index (χ0) is 11.4. The van der Waals surface area contributed by atoms with Gasteiger partial charge < -0.3 is 5.32 Å². The van der Waals surface area contributed by atoms with Crippen LogP contribution in [0.1, 0.15) is 27.7 Å². The molecule has 86 valence electrons. The molecule has 0 aromatic carbocycles. The summed E-state index contributed by atoms with van der Waals surface area (Å²) in [6.45, 7) is 8.10. The lowest BCUT2D eigenvalue weighted by atomic mass is 10.0. The van der Waals surface area contributed by atoms with Crippen LogP contribution >= 0.6 is 0 Å². The summed E-state index contributed by atoms with van der Waals surface area (Å²) in [6, 6.07) is 0.157. The summed E-state index contributed by atoms with van der Waals surface area (Å²) in [5.74, 6) is 0.163. The zero-order valence-electron chi connectivity index (χ0n) is 9.72. The van der Waals surface area contributed by atoms with Gasteiger partial charge in [0, 0.05) is 12.6 Å². The van der Waals surface area contributed by atoms with E-state index in [1.807, 2.05) is 34.7 Å². The Morgan fingerprint density at radius 2 is 1.79 bits per heavy atom. The van der Waals surface area contributed by atoms with Crippen LogP contribution in [0.15, 0.2) is 0 Å². The minimum Gasteiger partial charge on any atom is -0.316 e. The van der Waals surface area contributed by atoms with Crippen LogP contribution in [-0.2, 0) is 10.0 Å². The van der Waals surface area contributed by atoms with E-state index in [0.29, 0.717) is 6.54 Å². The monoisotopic (exact) mass is 222 g/mol. The highest BCUT2D eigenvalue weighted by Gasteiger charge is 2.21. The fourth-order valence-electron chi connectivity index (χ4n) is 0.975. The van der Waals surface area contributed by atoms with Crippen molar-refractivity contribution in [2.75, 3.05) is 19.3 Å². The average Bonchev–Trinajstić information content (AvgIpc) is 1.96. The number of nitrogens with one attached hydrogen (secondary N) is 2. The molecule has 0 rings (SSSR count). The normalized spacial score (nSPS) is 15.5. The van der Waals surface area contributed by atoms with Crippen LogP contribution in [0.25, 0.3) is 0 Å². The van der Waals surface area contributed by atoms with Crippen molar-refractivity contribution in [1.82, 2.24) is 10.0 Å². The summed E-state index contributed by atoms with van der Waals surface area (Å²) in [5, 5.41) is 2.97. The molecule has 1 atom stereocenters. The third kappa shape index (κ3) is 7.29. The van der Waals surface area contributed by atoms with Gasteiger partial charge >= 0.3 is 0 Å². The van der Waals surface area contributed by atoms with Crippen LogP contribution < -0.4 is 10.0 Å². The topological polar surface area (TPSA) is 58.2 Å². The van der Waals surface area contributed by atoms with Gasteiger partial charge in [-0.2, -0.15) is 0 Å². The van der Waals surface area contributed by atoms with Gasteiger partial charge in [0.1, 0.15) is 0 Å². The summed E-state index contributed by atoms with van der Waals surface area (Å²) in [7, 11) is -1.33. The van der Waals surface area contributed by atoms with Gasteiger partial charge in [-0.15, -0.1) is 0 Å². The van der Waals surface area contributed by atoms with E-state index in [2.05, 4.69) is 10.0 Å². The zero-order valence-corrected chi connectivity index (χ0v) is 10.5. The summed E-state index contributed by atoms with van der Waals surface area (Å²) in [6.07, 6.45) is 0. The van der Waals surface area contributed by atoms with Crippen molar-refractivity contribution in [2.24, 2.45) is 5.41 Å². The van der Waals surface area contributed by atoms with Gasteiger partial charge in [0.2, 0.25) is 10.0 Å². The first-order chi connectivity index (χ1) is 6.16. The third-order valence-electron chi connectivity index (χ3n) is 1.73. The van der Waals surface area contributed by atoms with Crippen molar-refractivity contribution in [1.29, 1.82) is 0 Å². The fourth-order valence-corrected chi connectivity index (χ4v) is 2.72. The second-order valence-corrected chi connectivity index (χ2v) is 6.66.